The summed E-state index contributed by atoms with van der Waals surface area (Å²) < 4.78 is 28.4. The lowest BCUT2D eigenvalue weighted by Gasteiger charge is -2.11. The highest BCUT2D eigenvalue weighted by atomic mass is 19.1. The number of aliphatic hydroxyl groups is 2. The van der Waals surface area contributed by atoms with Gasteiger partial charge in [0.15, 0.2) is 6.29 Å². The highest BCUT2D eigenvalue weighted by molar-refractivity contribution is 5.77. The predicted octanol–water partition coefficient (Wildman–Crippen LogP) is 5.35. The number of methoxy groups -OCH3 is 1. The van der Waals surface area contributed by atoms with Crippen molar-refractivity contribution in [2.24, 2.45) is 0 Å². The lowest BCUT2D eigenvalue weighted by Crippen LogP contribution is -2.10. The summed E-state index contributed by atoms with van der Waals surface area (Å²) in [6.07, 6.45) is -1.33. The average Bonchev–Trinajstić information content (AvgIpc) is 3.28. The van der Waals surface area contributed by atoms with Crippen molar-refractivity contribution in [3.8, 4) is 17.1 Å². The highest BCUT2D eigenvalue weighted by Gasteiger charge is 2.16. The fourth-order valence-electron chi connectivity index (χ4n) is 4.44. The minimum Gasteiger partial charge on any atom is -0.473 e. The van der Waals surface area contributed by atoms with Gasteiger partial charge in [-0.3, -0.25) is 0 Å². The first-order chi connectivity index (χ1) is 18.9. The number of benzene rings is 3. The smallest absolute Gasteiger partial charge is 0.214 e. The Hall–Kier alpha value is -4.11. The normalized spacial score (nSPS) is 11.4. The number of fused-ring (bicyclic) bond motifs is 1. The minimum absolute atomic E-state index is 0.259. The molecule has 0 amide bonds. The summed E-state index contributed by atoms with van der Waals surface area (Å²) in [5.74, 6) is 0.761. The minimum atomic E-state index is -1.59. The van der Waals surface area contributed by atoms with Crippen LogP contribution in [0, 0.1) is 12.7 Å². The van der Waals surface area contributed by atoms with E-state index in [1.165, 1.54) is 11.6 Å². The number of hydrogen-bond donors (Lipinski definition) is 2. The van der Waals surface area contributed by atoms with Crippen LogP contribution in [-0.2, 0) is 24.3 Å². The maximum absolute atomic E-state index is 15.3. The van der Waals surface area contributed by atoms with Gasteiger partial charge in [0.05, 0.1) is 23.3 Å². The summed E-state index contributed by atoms with van der Waals surface area (Å²) in [6.45, 7) is 3.36. The molecule has 39 heavy (non-hydrogen) atoms. The van der Waals surface area contributed by atoms with Gasteiger partial charge in [-0.1, -0.05) is 54.1 Å². The van der Waals surface area contributed by atoms with Crippen LogP contribution in [0.4, 0.5) is 4.39 Å². The molecule has 0 fully saturated rings. The van der Waals surface area contributed by atoms with E-state index in [-0.39, 0.29) is 12.2 Å². The van der Waals surface area contributed by atoms with Crippen LogP contribution in [0.3, 0.4) is 0 Å². The summed E-state index contributed by atoms with van der Waals surface area (Å²) in [5, 5.41) is 19.2. The summed E-state index contributed by atoms with van der Waals surface area (Å²) in [7, 11) is 1.61. The van der Waals surface area contributed by atoms with Gasteiger partial charge in [0.25, 0.3) is 0 Å². The fourth-order valence-corrected chi connectivity index (χ4v) is 4.44. The predicted molar refractivity (Wildman–Crippen MR) is 147 cm³/mol. The first-order valence-corrected chi connectivity index (χ1v) is 12.7. The monoisotopic (exact) mass is 527 g/mol. The van der Waals surface area contributed by atoms with E-state index in [9.17, 15) is 10.2 Å². The number of aliphatic hydroxyl groups excluding tert-OH is 1. The van der Waals surface area contributed by atoms with Gasteiger partial charge >= 0.3 is 0 Å². The van der Waals surface area contributed by atoms with Crippen LogP contribution in [0.1, 0.15) is 34.4 Å². The molecule has 0 saturated carbocycles. The van der Waals surface area contributed by atoms with E-state index in [1.54, 1.807) is 37.4 Å². The largest absolute Gasteiger partial charge is 0.473 e. The van der Waals surface area contributed by atoms with Gasteiger partial charge in [0, 0.05) is 37.3 Å². The molecule has 0 unspecified atom stereocenters. The molecule has 2 N–H and O–H groups in total. The van der Waals surface area contributed by atoms with Gasteiger partial charge in [0.2, 0.25) is 5.88 Å². The zero-order valence-electron chi connectivity index (χ0n) is 21.8. The number of pyridine rings is 1. The molecule has 5 rings (SSSR count). The molecule has 0 saturated heterocycles. The van der Waals surface area contributed by atoms with Gasteiger partial charge in [-0.25, -0.2) is 14.4 Å². The SMILES string of the molecule is COCCn1c(Cc2ccc(-c3cccc(OCc4ccc(C)cc4)n3)cc2F)nc2ccc(C(O)O)cc21. The summed E-state index contributed by atoms with van der Waals surface area (Å²) in [6, 6.07) is 23.7. The van der Waals surface area contributed by atoms with E-state index in [0.29, 0.717) is 59.4 Å². The van der Waals surface area contributed by atoms with Crippen molar-refractivity contribution >= 4 is 11.0 Å². The Balaban J connectivity index is 1.37. The van der Waals surface area contributed by atoms with E-state index in [1.807, 2.05) is 54.0 Å². The maximum Gasteiger partial charge on any atom is 0.214 e. The standard InChI is InChI=1S/C31H30FN3O4/c1-20-6-8-21(9-7-20)19-39-30-5-3-4-26(34-30)23-11-10-22(25(32)16-23)18-29-33-27-13-12-24(31(36)37)17-28(27)35(29)14-15-38-2/h3-13,16-17,31,36-37H,14-15,18-19H2,1-2H3. The molecule has 7 nitrogen and oxygen atoms in total. The Morgan fingerprint density at radius 1 is 0.949 bits per heavy atom. The third-order valence-corrected chi connectivity index (χ3v) is 6.60. The van der Waals surface area contributed by atoms with Crippen molar-refractivity contribution in [3.05, 3.63) is 113 Å². The molecule has 2 heterocycles. The zero-order chi connectivity index (χ0) is 27.4. The molecule has 5 aromatic rings. The lowest BCUT2D eigenvalue weighted by molar-refractivity contribution is -0.0424. The molecule has 2 aromatic heterocycles. The van der Waals surface area contributed by atoms with Crippen LogP contribution in [-0.4, -0.2) is 38.5 Å². The molecule has 8 heteroatoms. The topological polar surface area (TPSA) is 89.6 Å². The maximum atomic E-state index is 15.3. The van der Waals surface area contributed by atoms with E-state index in [0.717, 1.165) is 11.1 Å². The number of nitrogens with zero attached hydrogens (tertiary/aromatic N) is 3. The first kappa shape index (κ1) is 26.5. The molecule has 200 valence electrons. The number of imidazole rings is 1. The van der Waals surface area contributed by atoms with E-state index >= 15 is 4.39 Å². The molecular formula is C31H30FN3O4. The van der Waals surface area contributed by atoms with Crippen molar-refractivity contribution in [1.29, 1.82) is 0 Å². The second kappa shape index (κ2) is 11.7. The second-order valence-electron chi connectivity index (χ2n) is 9.41. The van der Waals surface area contributed by atoms with Crippen molar-refractivity contribution in [1.82, 2.24) is 14.5 Å². The van der Waals surface area contributed by atoms with Crippen LogP contribution >= 0.6 is 0 Å². The van der Waals surface area contributed by atoms with Crippen LogP contribution in [0.25, 0.3) is 22.3 Å². The zero-order valence-corrected chi connectivity index (χ0v) is 21.8. The second-order valence-corrected chi connectivity index (χ2v) is 9.41. The lowest BCUT2D eigenvalue weighted by atomic mass is 10.1. The molecule has 0 radical (unpaired) electrons. The number of ether oxygens (including phenoxy) is 2. The van der Waals surface area contributed by atoms with Gasteiger partial charge in [-0.15, -0.1) is 0 Å². The average molecular weight is 528 g/mol. The highest BCUT2D eigenvalue weighted by Crippen LogP contribution is 2.26. The number of aryl methyl sites for hydroxylation is 1. The third kappa shape index (κ3) is 6.15. The Labute approximate surface area is 226 Å². The Morgan fingerprint density at radius 3 is 2.51 bits per heavy atom. The van der Waals surface area contributed by atoms with Crippen LogP contribution in [0.2, 0.25) is 0 Å². The first-order valence-electron chi connectivity index (χ1n) is 12.7. The Morgan fingerprint density at radius 2 is 1.77 bits per heavy atom. The van der Waals surface area contributed by atoms with Crippen molar-refractivity contribution in [3.63, 3.8) is 0 Å². The molecule has 0 spiro atoms. The summed E-state index contributed by atoms with van der Waals surface area (Å²) in [5.41, 5.74) is 5.76. The number of rotatable bonds is 10. The fraction of sp³-hybridized carbons (Fsp3) is 0.226. The number of halogens is 1. The van der Waals surface area contributed by atoms with Crippen LogP contribution < -0.4 is 4.74 Å². The summed E-state index contributed by atoms with van der Waals surface area (Å²) in [4.78, 5) is 9.26. The molecule has 3 aromatic carbocycles. The number of aromatic nitrogens is 3. The van der Waals surface area contributed by atoms with Crippen molar-refractivity contribution in [2.45, 2.75) is 32.8 Å². The molecule has 0 atom stereocenters. The Kier molecular flexibility index (Phi) is 7.97. The molecule has 0 aliphatic rings. The van der Waals surface area contributed by atoms with Crippen LogP contribution in [0.5, 0.6) is 5.88 Å². The van der Waals surface area contributed by atoms with E-state index < -0.39 is 6.29 Å². The van der Waals surface area contributed by atoms with Gasteiger partial charge < -0.3 is 24.3 Å². The van der Waals surface area contributed by atoms with Gasteiger partial charge in [-0.2, -0.15) is 0 Å². The van der Waals surface area contributed by atoms with Crippen LogP contribution in [0.15, 0.2) is 78.9 Å². The summed E-state index contributed by atoms with van der Waals surface area (Å²) >= 11 is 0. The van der Waals surface area contributed by atoms with Crippen molar-refractivity contribution < 1.29 is 24.1 Å². The Bertz CT molecular complexity index is 1580. The van der Waals surface area contributed by atoms with E-state index in [2.05, 4.69) is 4.98 Å². The third-order valence-electron chi connectivity index (χ3n) is 6.60. The molecule has 0 aliphatic heterocycles. The quantitative estimate of drug-likeness (QED) is 0.238. The molecule has 0 aliphatic carbocycles. The molecule has 0 bridgehead atoms. The van der Waals surface area contributed by atoms with Crippen molar-refractivity contribution in [2.75, 3.05) is 13.7 Å². The number of hydrogen-bond acceptors (Lipinski definition) is 6. The van der Waals surface area contributed by atoms with Gasteiger partial charge in [-0.05, 0) is 42.3 Å². The molecular weight excluding hydrogens is 497 g/mol. The van der Waals surface area contributed by atoms with E-state index in [4.69, 9.17) is 14.5 Å². The van der Waals surface area contributed by atoms with Gasteiger partial charge in [0.1, 0.15) is 18.2 Å².